The summed E-state index contributed by atoms with van der Waals surface area (Å²) in [6.07, 6.45) is 3.08. The second kappa shape index (κ2) is 9.41. The molecular weight excluding hydrogens is 452 g/mol. The van der Waals surface area contributed by atoms with E-state index >= 15 is 0 Å². The van der Waals surface area contributed by atoms with E-state index in [1.165, 1.54) is 0 Å². The monoisotopic (exact) mass is 476 g/mol. The van der Waals surface area contributed by atoms with Crippen LogP contribution in [-0.4, -0.2) is 46.4 Å². The molecule has 0 saturated heterocycles. The maximum Gasteiger partial charge on any atom is 0.340 e. The van der Waals surface area contributed by atoms with E-state index in [4.69, 9.17) is 20.2 Å². The molecule has 180 valence electrons. The van der Waals surface area contributed by atoms with Gasteiger partial charge < -0.3 is 30.2 Å². The predicted molar refractivity (Wildman–Crippen MR) is 127 cm³/mol. The van der Waals surface area contributed by atoms with Crippen LogP contribution in [0.3, 0.4) is 0 Å². The van der Waals surface area contributed by atoms with Gasteiger partial charge in [-0.1, -0.05) is 30.4 Å². The number of nitrogens with one attached hydrogen (secondary N) is 1. The smallest absolute Gasteiger partial charge is 0.340 e. The molecule has 1 amide bonds. The van der Waals surface area contributed by atoms with Gasteiger partial charge in [0.05, 0.1) is 42.2 Å². The number of esters is 1. The largest absolute Gasteiger partial charge is 0.458 e. The van der Waals surface area contributed by atoms with Crippen molar-refractivity contribution >= 4 is 28.9 Å². The van der Waals surface area contributed by atoms with E-state index in [2.05, 4.69) is 5.32 Å². The minimum absolute atomic E-state index is 0.0831. The van der Waals surface area contributed by atoms with Crippen LogP contribution in [0.1, 0.15) is 34.8 Å². The molecule has 4 N–H and O–H groups in total. The van der Waals surface area contributed by atoms with Crippen molar-refractivity contribution in [2.75, 3.05) is 19.9 Å². The van der Waals surface area contributed by atoms with E-state index in [1.54, 1.807) is 10.6 Å². The molecule has 35 heavy (non-hydrogen) atoms. The van der Waals surface area contributed by atoms with Gasteiger partial charge in [0.15, 0.2) is 6.10 Å². The van der Waals surface area contributed by atoms with Crippen molar-refractivity contribution in [1.29, 1.82) is 0 Å². The average Bonchev–Trinajstić information content (AvgIpc) is 3.24. The Morgan fingerprint density at radius 2 is 2.14 bits per heavy atom. The lowest BCUT2D eigenvalue weighted by atomic mass is 9.98. The van der Waals surface area contributed by atoms with Gasteiger partial charge in [0.2, 0.25) is 5.91 Å². The number of pyridine rings is 2. The minimum atomic E-state index is -1.49. The first kappa shape index (κ1) is 22.9. The molecular formula is C25H24N4O6. The molecule has 3 aromatic rings. The topological polar surface area (TPSA) is 146 Å². The molecule has 1 atom stereocenters. The molecule has 1 aromatic carbocycles. The highest BCUT2D eigenvalue weighted by Gasteiger charge is 2.34. The van der Waals surface area contributed by atoms with Crippen LogP contribution in [0.15, 0.2) is 41.2 Å². The predicted octanol–water partition coefficient (Wildman–Crippen LogP) is 0.968. The fourth-order valence-electron chi connectivity index (χ4n) is 4.43. The average molecular weight is 476 g/mol. The number of benzene rings is 1. The van der Waals surface area contributed by atoms with Gasteiger partial charge in [0, 0.05) is 16.5 Å². The number of hydrogen-bond donors (Lipinski definition) is 3. The van der Waals surface area contributed by atoms with Gasteiger partial charge in [-0.15, -0.1) is 0 Å². The third-order valence-corrected chi connectivity index (χ3v) is 6.18. The molecule has 10 nitrogen and oxygen atoms in total. The van der Waals surface area contributed by atoms with Crippen molar-refractivity contribution < 1.29 is 24.2 Å². The molecule has 2 aromatic heterocycles. The fraction of sp³-hybridized carbons (Fsp3) is 0.280. The fourth-order valence-corrected chi connectivity index (χ4v) is 4.43. The highest BCUT2D eigenvalue weighted by molar-refractivity contribution is 5.93. The van der Waals surface area contributed by atoms with Crippen LogP contribution >= 0.6 is 0 Å². The van der Waals surface area contributed by atoms with Gasteiger partial charge in [0.1, 0.15) is 13.3 Å². The number of amides is 1. The lowest BCUT2D eigenvalue weighted by Gasteiger charge is -2.21. The Morgan fingerprint density at radius 3 is 2.97 bits per heavy atom. The van der Waals surface area contributed by atoms with Gasteiger partial charge in [-0.3, -0.25) is 9.59 Å². The number of rotatable bonds is 7. The molecule has 0 unspecified atom stereocenters. The summed E-state index contributed by atoms with van der Waals surface area (Å²) < 4.78 is 12.0. The van der Waals surface area contributed by atoms with E-state index in [9.17, 15) is 19.5 Å². The van der Waals surface area contributed by atoms with Crippen LogP contribution in [0.2, 0.25) is 0 Å². The van der Waals surface area contributed by atoms with Crippen LogP contribution in [0.4, 0.5) is 0 Å². The molecule has 0 bridgehead atoms. The zero-order valence-corrected chi connectivity index (χ0v) is 18.8. The zero-order chi connectivity index (χ0) is 24.5. The Bertz CT molecular complexity index is 1430. The summed E-state index contributed by atoms with van der Waals surface area (Å²) in [6, 6.07) is 9.39. The Morgan fingerprint density at radius 1 is 1.31 bits per heavy atom. The highest BCUT2D eigenvalue weighted by Crippen LogP contribution is 2.38. The van der Waals surface area contributed by atoms with Crippen LogP contribution in [0.25, 0.3) is 28.4 Å². The van der Waals surface area contributed by atoms with Gasteiger partial charge in [0.25, 0.3) is 5.56 Å². The number of ether oxygens (including phenoxy) is 2. The Labute approximate surface area is 200 Å². The first-order valence-electron chi connectivity index (χ1n) is 11.2. The van der Waals surface area contributed by atoms with Crippen molar-refractivity contribution in [3.8, 4) is 11.4 Å². The number of hydrogen-bond acceptors (Lipinski definition) is 8. The van der Waals surface area contributed by atoms with Crippen LogP contribution in [0.5, 0.6) is 0 Å². The van der Waals surface area contributed by atoms with E-state index in [1.807, 2.05) is 36.4 Å². The zero-order valence-electron chi connectivity index (χ0n) is 18.8. The number of aliphatic hydroxyl groups excluding tert-OH is 1. The number of nitrogens with zero attached hydrogens (tertiary/aromatic N) is 2. The number of fused-ring (bicyclic) bond motifs is 5. The van der Waals surface area contributed by atoms with Crippen molar-refractivity contribution in [3.05, 3.63) is 69.0 Å². The maximum absolute atomic E-state index is 13.2. The molecule has 0 saturated carbocycles. The second-order valence-electron chi connectivity index (χ2n) is 8.28. The van der Waals surface area contributed by atoms with E-state index in [0.29, 0.717) is 31.0 Å². The van der Waals surface area contributed by atoms with E-state index < -0.39 is 12.1 Å². The summed E-state index contributed by atoms with van der Waals surface area (Å²) in [4.78, 5) is 41.1. The third kappa shape index (κ3) is 4.12. The molecule has 0 spiro atoms. The maximum atomic E-state index is 13.2. The summed E-state index contributed by atoms with van der Waals surface area (Å²) in [5.74, 6) is -1.04. The normalized spacial score (nSPS) is 16.2. The standard InChI is InChI=1S/C25H24N4O6/c26-10-21(30)27-13-34-8-4-3-5-14-15-6-1-2-7-19(15)28-22-17(14)11-29-20(22)9-16-18(24(29)32)12-35-25(33)23(16)31/h1-3,5-7,9,23,31H,4,8,10-13,26H2,(H,27,30)/b5-3+/t23-/m0/s1. The van der Waals surface area contributed by atoms with Crippen molar-refractivity contribution in [1.82, 2.24) is 14.9 Å². The number of carbonyl (C=O) groups is 2. The Kier molecular flexibility index (Phi) is 6.16. The molecule has 0 radical (unpaired) electrons. The highest BCUT2D eigenvalue weighted by atomic mass is 16.5. The van der Waals surface area contributed by atoms with Gasteiger partial charge >= 0.3 is 5.97 Å². The summed E-state index contributed by atoms with van der Waals surface area (Å²) in [5, 5.41) is 13.8. The lowest BCUT2D eigenvalue weighted by Crippen LogP contribution is -2.32. The van der Waals surface area contributed by atoms with E-state index in [0.717, 1.165) is 22.0 Å². The first-order valence-corrected chi connectivity index (χ1v) is 11.2. The SMILES string of the molecule is NCC(=O)NCOCC/C=C/c1c2c(nc3ccccc13)-c1cc3c(c(=O)n1C2)COC(=O)[C@H]3O. The molecule has 2 aliphatic rings. The van der Waals surface area contributed by atoms with E-state index in [-0.39, 0.29) is 42.5 Å². The molecule has 5 rings (SSSR count). The van der Waals surface area contributed by atoms with Crippen LogP contribution in [-0.2, 0) is 32.2 Å². The van der Waals surface area contributed by atoms with Gasteiger partial charge in [-0.25, -0.2) is 9.78 Å². The number of aliphatic hydroxyl groups is 1. The molecule has 4 heterocycles. The number of para-hydroxylation sites is 1. The number of nitrogens with two attached hydrogens (primary N) is 1. The summed E-state index contributed by atoms with van der Waals surface area (Å²) >= 11 is 0. The molecule has 2 aliphatic heterocycles. The Balaban J connectivity index is 1.48. The summed E-state index contributed by atoms with van der Waals surface area (Å²) in [7, 11) is 0. The van der Waals surface area contributed by atoms with Gasteiger partial charge in [-0.05, 0) is 24.1 Å². The number of cyclic esters (lactones) is 1. The van der Waals surface area contributed by atoms with Crippen LogP contribution < -0.4 is 16.6 Å². The molecule has 0 aliphatic carbocycles. The van der Waals surface area contributed by atoms with Crippen LogP contribution in [0, 0.1) is 0 Å². The minimum Gasteiger partial charge on any atom is -0.458 e. The van der Waals surface area contributed by atoms with Crippen molar-refractivity contribution in [2.45, 2.75) is 25.7 Å². The van der Waals surface area contributed by atoms with Crippen molar-refractivity contribution in [2.24, 2.45) is 5.73 Å². The summed E-state index contributed by atoms with van der Waals surface area (Å²) in [5.41, 5.74) is 9.31. The lowest BCUT2D eigenvalue weighted by molar-refractivity contribution is -0.157. The molecule has 0 fully saturated rings. The second-order valence-corrected chi connectivity index (χ2v) is 8.28. The number of aromatic nitrogens is 2. The quantitative estimate of drug-likeness (QED) is 0.203. The summed E-state index contributed by atoms with van der Waals surface area (Å²) in [6.45, 7) is 0.581. The Hall–Kier alpha value is -3.86. The third-order valence-electron chi connectivity index (χ3n) is 6.18. The number of carbonyl (C=O) groups excluding carboxylic acids is 2. The van der Waals surface area contributed by atoms with Crippen molar-refractivity contribution in [3.63, 3.8) is 0 Å². The van der Waals surface area contributed by atoms with Gasteiger partial charge in [-0.2, -0.15) is 0 Å². The molecule has 10 heteroatoms. The first-order chi connectivity index (χ1) is 17.0.